The van der Waals surface area contributed by atoms with Gasteiger partial charge in [-0.05, 0) is 57.5 Å². The molecular weight excluding hydrogens is 366 g/mol. The molecule has 7 heteroatoms. The topological polar surface area (TPSA) is 84.9 Å². The van der Waals surface area contributed by atoms with E-state index in [0.717, 1.165) is 11.8 Å². The summed E-state index contributed by atoms with van der Waals surface area (Å²) in [5.41, 5.74) is 1.43. The number of phenols is 1. The highest BCUT2D eigenvalue weighted by Crippen LogP contribution is 2.34. The molecule has 0 aliphatic heterocycles. The quantitative estimate of drug-likeness (QED) is 0.694. The molecule has 2 aromatic rings. The summed E-state index contributed by atoms with van der Waals surface area (Å²) in [6.45, 7) is 8.17. The molecule has 0 saturated heterocycles. The fourth-order valence-electron chi connectivity index (χ4n) is 2.37. The second-order valence-electron chi connectivity index (χ2n) is 7.56. The summed E-state index contributed by atoms with van der Waals surface area (Å²) in [6.07, 6.45) is 0.241. The van der Waals surface area contributed by atoms with Gasteiger partial charge in [0.2, 0.25) is 0 Å². The number of aromatic hydroxyl groups is 1. The summed E-state index contributed by atoms with van der Waals surface area (Å²) in [6, 6.07) is 12.2. The van der Waals surface area contributed by atoms with Crippen LogP contribution in [0.25, 0.3) is 0 Å². The van der Waals surface area contributed by atoms with Crippen molar-refractivity contribution in [3.05, 3.63) is 53.6 Å². The van der Waals surface area contributed by atoms with Gasteiger partial charge in [-0.25, -0.2) is 0 Å². The van der Waals surface area contributed by atoms with Crippen molar-refractivity contribution in [2.45, 2.75) is 39.3 Å². The highest BCUT2D eigenvalue weighted by atomic mass is 32.2. The van der Waals surface area contributed by atoms with E-state index in [1.807, 2.05) is 52.0 Å². The maximum Gasteiger partial charge on any atom is 0.265 e. The minimum atomic E-state index is -3.67. The maximum atomic E-state index is 11.6. The number of aryl methyl sites for hydroxylation is 1. The summed E-state index contributed by atoms with van der Waals surface area (Å²) in [4.78, 5) is 0. The molecule has 0 heterocycles. The average Bonchev–Trinajstić information content (AvgIpc) is 2.53. The Hall–Kier alpha value is -2.09. The Morgan fingerprint density at radius 3 is 2.26 bits per heavy atom. The molecule has 2 N–H and O–H groups in total. The lowest BCUT2D eigenvalue weighted by molar-refractivity contribution is 0.197. The normalized spacial score (nSPS) is 13.4. The van der Waals surface area contributed by atoms with Gasteiger partial charge in [-0.2, -0.15) is 8.42 Å². The SMILES string of the molecule is Cc1ccc(Oc2ccc(C(CNC(C)(C)C)OS(C)(=O)=O)cc2O)cc1. The van der Waals surface area contributed by atoms with Crippen molar-refractivity contribution in [3.63, 3.8) is 0 Å². The van der Waals surface area contributed by atoms with Gasteiger partial charge in [-0.3, -0.25) is 4.18 Å². The van der Waals surface area contributed by atoms with Crippen LogP contribution < -0.4 is 10.1 Å². The zero-order valence-corrected chi connectivity index (χ0v) is 17.1. The van der Waals surface area contributed by atoms with E-state index in [1.54, 1.807) is 12.1 Å². The highest BCUT2D eigenvalue weighted by Gasteiger charge is 2.22. The Balaban J connectivity index is 2.23. The fraction of sp³-hybridized carbons (Fsp3) is 0.400. The van der Waals surface area contributed by atoms with Crippen LogP contribution in [-0.4, -0.2) is 31.9 Å². The second-order valence-corrected chi connectivity index (χ2v) is 9.16. The summed E-state index contributed by atoms with van der Waals surface area (Å²) >= 11 is 0. The largest absolute Gasteiger partial charge is 0.504 e. The molecule has 0 aliphatic rings. The second kappa shape index (κ2) is 8.29. The standard InChI is InChI=1S/C20H27NO5S/c1-14-6-9-16(10-7-14)25-18-11-8-15(12-17(18)22)19(26-27(5,23)24)13-21-20(2,3)4/h6-12,19,21-22H,13H2,1-5H3. The Kier molecular flexibility index (Phi) is 6.51. The number of nitrogens with one attached hydrogen (secondary N) is 1. The molecule has 0 bridgehead atoms. The molecule has 148 valence electrons. The highest BCUT2D eigenvalue weighted by molar-refractivity contribution is 7.86. The molecule has 0 saturated carbocycles. The third-order valence-electron chi connectivity index (χ3n) is 3.71. The van der Waals surface area contributed by atoms with Crippen LogP contribution >= 0.6 is 0 Å². The number of phenolic OH excluding ortho intramolecular Hbond substituents is 1. The number of benzene rings is 2. The monoisotopic (exact) mass is 393 g/mol. The van der Waals surface area contributed by atoms with E-state index in [2.05, 4.69) is 5.32 Å². The van der Waals surface area contributed by atoms with Crippen molar-refractivity contribution in [1.29, 1.82) is 0 Å². The average molecular weight is 394 g/mol. The summed E-state index contributed by atoms with van der Waals surface area (Å²) in [5, 5.41) is 13.6. The minimum absolute atomic E-state index is 0.0917. The lowest BCUT2D eigenvalue weighted by Crippen LogP contribution is -2.39. The molecule has 0 amide bonds. The summed E-state index contributed by atoms with van der Waals surface area (Å²) in [5.74, 6) is 0.789. The molecule has 0 radical (unpaired) electrons. The fourth-order valence-corrected chi connectivity index (χ4v) is 2.97. The molecule has 0 aliphatic carbocycles. The first kappa shape index (κ1) is 21.2. The Labute approximate surface area is 161 Å². The van der Waals surface area contributed by atoms with Crippen LogP contribution in [0.4, 0.5) is 0 Å². The van der Waals surface area contributed by atoms with E-state index in [0.29, 0.717) is 11.3 Å². The van der Waals surface area contributed by atoms with Gasteiger partial charge in [-0.15, -0.1) is 0 Å². The van der Waals surface area contributed by atoms with Crippen LogP contribution in [-0.2, 0) is 14.3 Å². The first-order valence-corrected chi connectivity index (χ1v) is 10.5. The molecule has 6 nitrogen and oxygen atoms in total. The Morgan fingerprint density at radius 2 is 1.74 bits per heavy atom. The van der Waals surface area contributed by atoms with Gasteiger partial charge in [0.1, 0.15) is 11.9 Å². The Morgan fingerprint density at radius 1 is 1.11 bits per heavy atom. The maximum absolute atomic E-state index is 11.6. The third kappa shape index (κ3) is 7.21. The van der Waals surface area contributed by atoms with Crippen LogP contribution in [0.15, 0.2) is 42.5 Å². The molecule has 0 aromatic heterocycles. The van der Waals surface area contributed by atoms with Crippen molar-refractivity contribution >= 4 is 10.1 Å². The number of hydrogen-bond acceptors (Lipinski definition) is 6. The van der Waals surface area contributed by atoms with Crippen molar-refractivity contribution in [2.75, 3.05) is 12.8 Å². The van der Waals surface area contributed by atoms with Crippen LogP contribution in [0.3, 0.4) is 0 Å². The lowest BCUT2D eigenvalue weighted by atomic mass is 10.1. The van der Waals surface area contributed by atoms with E-state index in [4.69, 9.17) is 8.92 Å². The van der Waals surface area contributed by atoms with Crippen LogP contribution in [0.1, 0.15) is 38.0 Å². The molecule has 1 unspecified atom stereocenters. The summed E-state index contributed by atoms with van der Waals surface area (Å²) < 4.78 is 34.1. The van der Waals surface area contributed by atoms with E-state index in [-0.39, 0.29) is 23.6 Å². The first-order valence-electron chi connectivity index (χ1n) is 8.64. The van der Waals surface area contributed by atoms with Crippen LogP contribution in [0.2, 0.25) is 0 Å². The van der Waals surface area contributed by atoms with Crippen molar-refractivity contribution < 1.29 is 22.4 Å². The molecule has 0 spiro atoms. The molecule has 1 atom stereocenters. The van der Waals surface area contributed by atoms with Gasteiger partial charge >= 0.3 is 0 Å². The molecule has 2 rings (SSSR count). The van der Waals surface area contributed by atoms with E-state index in [9.17, 15) is 13.5 Å². The predicted molar refractivity (Wildman–Crippen MR) is 106 cm³/mol. The number of rotatable bonds is 7. The first-order chi connectivity index (χ1) is 12.4. The zero-order valence-electron chi connectivity index (χ0n) is 16.3. The van der Waals surface area contributed by atoms with Gasteiger partial charge < -0.3 is 15.2 Å². The van der Waals surface area contributed by atoms with Gasteiger partial charge in [0.25, 0.3) is 10.1 Å². The minimum Gasteiger partial charge on any atom is -0.504 e. The van der Waals surface area contributed by atoms with Crippen LogP contribution in [0.5, 0.6) is 17.2 Å². The molecule has 27 heavy (non-hydrogen) atoms. The summed E-state index contributed by atoms with van der Waals surface area (Å²) in [7, 11) is -3.67. The molecule has 0 fully saturated rings. The number of ether oxygens (including phenoxy) is 1. The zero-order chi connectivity index (χ0) is 20.2. The molecular formula is C20H27NO5S. The molecule has 2 aromatic carbocycles. The van der Waals surface area contributed by atoms with Gasteiger partial charge in [0.05, 0.1) is 6.26 Å². The van der Waals surface area contributed by atoms with E-state index < -0.39 is 16.2 Å². The van der Waals surface area contributed by atoms with Crippen molar-refractivity contribution in [3.8, 4) is 17.2 Å². The van der Waals surface area contributed by atoms with E-state index >= 15 is 0 Å². The van der Waals surface area contributed by atoms with Gasteiger partial charge in [0.15, 0.2) is 11.5 Å². The Bertz CT molecular complexity index is 870. The van der Waals surface area contributed by atoms with Gasteiger partial charge in [0, 0.05) is 12.1 Å². The van der Waals surface area contributed by atoms with Crippen LogP contribution in [0, 0.1) is 6.92 Å². The third-order valence-corrected chi connectivity index (χ3v) is 4.29. The predicted octanol–water partition coefficient (Wildman–Crippen LogP) is 3.90. The number of hydrogen-bond donors (Lipinski definition) is 2. The van der Waals surface area contributed by atoms with E-state index in [1.165, 1.54) is 6.07 Å². The lowest BCUT2D eigenvalue weighted by Gasteiger charge is -2.25. The van der Waals surface area contributed by atoms with Gasteiger partial charge in [-0.1, -0.05) is 23.8 Å². The van der Waals surface area contributed by atoms with Crippen molar-refractivity contribution in [2.24, 2.45) is 0 Å². The smallest absolute Gasteiger partial charge is 0.265 e. The van der Waals surface area contributed by atoms with Crippen molar-refractivity contribution in [1.82, 2.24) is 5.32 Å².